The molecule has 0 spiro atoms. The first kappa shape index (κ1) is 19.5. The molecule has 1 saturated heterocycles. The minimum atomic E-state index is -1.16. The second kappa shape index (κ2) is 8.29. The van der Waals surface area contributed by atoms with Crippen LogP contribution in [0.5, 0.6) is 0 Å². The molecule has 1 aromatic rings. The minimum absolute atomic E-state index is 0.0188. The smallest absolute Gasteiger partial charge is 0.353 e. The van der Waals surface area contributed by atoms with Gasteiger partial charge in [0.2, 0.25) is 5.91 Å². The van der Waals surface area contributed by atoms with Crippen LogP contribution in [0, 0.1) is 0 Å². The van der Waals surface area contributed by atoms with E-state index in [0.29, 0.717) is 23.7 Å². The van der Waals surface area contributed by atoms with Crippen LogP contribution in [0.4, 0.5) is 0 Å². The third-order valence-corrected chi connectivity index (χ3v) is 6.94. The summed E-state index contributed by atoms with van der Waals surface area (Å²) in [7, 11) is 0. The van der Waals surface area contributed by atoms with Crippen LogP contribution in [-0.2, 0) is 20.9 Å². The molecule has 1 unspecified atom stereocenters. The largest absolute Gasteiger partial charge is 0.477 e. The summed E-state index contributed by atoms with van der Waals surface area (Å²) in [6.45, 7) is 1.16. The van der Waals surface area contributed by atoms with E-state index in [4.69, 9.17) is 0 Å². The average Bonchev–Trinajstić information content (AvgIpc) is 3.23. The monoisotopic (exact) mass is 435 g/mol. The Morgan fingerprint density at radius 2 is 2.34 bits per heavy atom. The van der Waals surface area contributed by atoms with Crippen LogP contribution >= 0.6 is 23.5 Å². The van der Waals surface area contributed by atoms with Crippen LogP contribution in [0.25, 0.3) is 0 Å². The van der Waals surface area contributed by atoms with E-state index >= 15 is 0 Å². The third-order valence-electron chi connectivity index (χ3n) is 4.40. The highest BCUT2D eigenvalue weighted by Crippen LogP contribution is 2.43. The van der Waals surface area contributed by atoms with Crippen molar-refractivity contribution in [1.29, 1.82) is 0 Å². The Morgan fingerprint density at radius 3 is 3.03 bits per heavy atom. The lowest BCUT2D eigenvalue weighted by Gasteiger charge is -2.49. The van der Waals surface area contributed by atoms with Gasteiger partial charge >= 0.3 is 5.97 Å². The van der Waals surface area contributed by atoms with Gasteiger partial charge in [0.05, 0.1) is 19.1 Å². The Morgan fingerprint density at radius 1 is 1.48 bits per heavy atom. The minimum Gasteiger partial charge on any atom is -0.477 e. The van der Waals surface area contributed by atoms with Gasteiger partial charge in [0.1, 0.15) is 23.7 Å². The molecule has 152 valence electrons. The molecule has 2 atom stereocenters. The van der Waals surface area contributed by atoms with Gasteiger partial charge in [-0.1, -0.05) is 17.0 Å². The summed E-state index contributed by atoms with van der Waals surface area (Å²) in [4.78, 5) is 42.6. The first-order valence-corrected chi connectivity index (χ1v) is 10.6. The number of aliphatic imine (C=N–C) groups is 1. The first-order valence-electron chi connectivity index (χ1n) is 8.65. The lowest BCUT2D eigenvalue weighted by molar-refractivity contribution is -0.150. The van der Waals surface area contributed by atoms with Gasteiger partial charge in [0, 0.05) is 23.4 Å². The second-order valence-electron chi connectivity index (χ2n) is 6.38. The van der Waals surface area contributed by atoms with Crippen molar-refractivity contribution in [3.63, 3.8) is 0 Å². The maximum Gasteiger partial charge on any atom is 0.353 e. The number of β-lactam (4-membered cyclic amide) rings is 1. The number of hydrogen-bond donors (Lipinski definition) is 3. The number of thioether (sulfide) groups is 2. The van der Waals surface area contributed by atoms with Gasteiger partial charge in [0.15, 0.2) is 0 Å². The number of nitrogens with zero attached hydrogens (tertiary/aromatic N) is 5. The van der Waals surface area contributed by atoms with Crippen LogP contribution in [0.3, 0.4) is 0 Å². The Balaban J connectivity index is 1.45. The van der Waals surface area contributed by atoms with E-state index < -0.39 is 23.3 Å². The van der Waals surface area contributed by atoms with Crippen molar-refractivity contribution in [2.75, 3.05) is 18.8 Å². The Hall–Kier alpha value is -2.80. The Labute approximate surface area is 173 Å². The summed E-state index contributed by atoms with van der Waals surface area (Å²) < 4.78 is 1.35. The highest BCUT2D eigenvalue weighted by atomic mass is 32.2. The molecule has 13 heteroatoms. The van der Waals surface area contributed by atoms with Crippen LogP contribution in [0.1, 0.15) is 0 Å². The molecule has 3 aliphatic heterocycles. The van der Waals surface area contributed by atoms with Crippen molar-refractivity contribution in [2.24, 2.45) is 4.99 Å². The molecule has 1 fully saturated rings. The number of rotatable bonds is 6. The van der Waals surface area contributed by atoms with E-state index in [9.17, 15) is 19.5 Å². The summed E-state index contributed by atoms with van der Waals surface area (Å²) in [5.74, 6) is -1.53. The SMILES string of the molecule is O=C(Cn1ccnn1)NC1C(=O)N2C(C(=O)O)=C(SC=C3CN=CNC3)CS[C@H]12. The fourth-order valence-corrected chi connectivity index (χ4v) is 5.49. The molecule has 0 saturated carbocycles. The molecule has 0 radical (unpaired) electrons. The van der Waals surface area contributed by atoms with E-state index in [-0.39, 0.29) is 18.1 Å². The predicted molar refractivity (Wildman–Crippen MR) is 107 cm³/mol. The highest BCUT2D eigenvalue weighted by molar-refractivity contribution is 8.08. The Bertz CT molecular complexity index is 928. The lowest BCUT2D eigenvalue weighted by Crippen LogP contribution is -2.70. The second-order valence-corrected chi connectivity index (χ2v) is 8.45. The van der Waals surface area contributed by atoms with Crippen LogP contribution in [-0.4, -0.2) is 79.4 Å². The molecule has 4 heterocycles. The van der Waals surface area contributed by atoms with Crippen molar-refractivity contribution < 1.29 is 19.5 Å². The molecule has 0 aliphatic carbocycles. The van der Waals surface area contributed by atoms with Gasteiger partial charge in [-0.25, -0.2) is 9.48 Å². The number of nitrogens with one attached hydrogen (secondary N) is 2. The number of carboxylic acids is 1. The number of aromatic nitrogens is 3. The zero-order chi connectivity index (χ0) is 20.4. The quantitative estimate of drug-likeness (QED) is 0.491. The first-order chi connectivity index (χ1) is 14.0. The number of carbonyl (C=O) groups is 3. The van der Waals surface area contributed by atoms with Gasteiger partial charge < -0.3 is 15.7 Å². The van der Waals surface area contributed by atoms with Gasteiger partial charge in [-0.05, 0) is 11.0 Å². The number of hydrogen-bond acceptors (Lipinski definition) is 9. The standard InChI is InChI=1S/C16H17N7O4S2/c24-11(5-22-2-1-19-21-22)20-12-14(25)23-13(16(26)27)10(7-29-15(12)23)28-6-9-3-17-8-18-4-9/h1-2,6,8,12,15H,3-5,7H2,(H,17,18)(H,20,24)(H,26,27)/t12?,15-/m1/s1. The van der Waals surface area contributed by atoms with Crippen LogP contribution in [0.15, 0.2) is 39.0 Å². The number of amides is 2. The van der Waals surface area contributed by atoms with Crippen molar-refractivity contribution in [1.82, 2.24) is 30.5 Å². The maximum absolute atomic E-state index is 12.6. The maximum atomic E-state index is 12.6. The fourth-order valence-electron chi connectivity index (χ4n) is 3.06. The lowest BCUT2D eigenvalue weighted by atomic mass is 10.1. The number of carbonyl (C=O) groups excluding carboxylic acids is 2. The summed E-state index contributed by atoms with van der Waals surface area (Å²) in [6, 6.07) is -0.757. The van der Waals surface area contributed by atoms with Gasteiger partial charge in [0.25, 0.3) is 5.91 Å². The number of carboxylic acid groups (broad SMARTS) is 1. The summed E-state index contributed by atoms with van der Waals surface area (Å²) in [6.07, 6.45) is 4.63. The summed E-state index contributed by atoms with van der Waals surface area (Å²) >= 11 is 2.73. The molecule has 3 aliphatic rings. The molecule has 4 rings (SSSR count). The molecule has 3 N–H and O–H groups in total. The van der Waals surface area contributed by atoms with E-state index in [1.807, 2.05) is 5.41 Å². The molecule has 1 aromatic heterocycles. The molecule has 0 aromatic carbocycles. The zero-order valence-corrected chi connectivity index (χ0v) is 16.7. The Kier molecular flexibility index (Phi) is 5.58. The highest BCUT2D eigenvalue weighted by Gasteiger charge is 2.54. The molecular formula is C16H17N7O4S2. The fraction of sp³-hybridized carbons (Fsp3) is 0.375. The average molecular weight is 435 g/mol. The van der Waals surface area contributed by atoms with Crippen molar-refractivity contribution in [3.8, 4) is 0 Å². The van der Waals surface area contributed by atoms with Gasteiger partial charge in [-0.2, -0.15) is 0 Å². The third kappa shape index (κ3) is 4.00. The van der Waals surface area contributed by atoms with Crippen LogP contribution in [0.2, 0.25) is 0 Å². The molecule has 2 amide bonds. The molecule has 0 bridgehead atoms. The molecule has 11 nitrogen and oxygen atoms in total. The van der Waals surface area contributed by atoms with Gasteiger partial charge in [-0.3, -0.25) is 19.5 Å². The van der Waals surface area contributed by atoms with E-state index in [1.165, 1.54) is 39.3 Å². The summed E-state index contributed by atoms with van der Waals surface area (Å²) in [5.41, 5.74) is 1.02. The van der Waals surface area contributed by atoms with E-state index in [2.05, 4.69) is 25.9 Å². The van der Waals surface area contributed by atoms with Crippen molar-refractivity contribution in [2.45, 2.75) is 18.0 Å². The molecular weight excluding hydrogens is 418 g/mol. The van der Waals surface area contributed by atoms with Crippen molar-refractivity contribution in [3.05, 3.63) is 34.0 Å². The zero-order valence-electron chi connectivity index (χ0n) is 15.0. The topological polar surface area (TPSA) is 142 Å². The summed E-state index contributed by atoms with van der Waals surface area (Å²) in [5, 5.41) is 24.1. The molecule has 29 heavy (non-hydrogen) atoms. The number of fused-ring (bicyclic) bond motifs is 1. The van der Waals surface area contributed by atoms with Gasteiger partial charge in [-0.15, -0.1) is 16.9 Å². The van der Waals surface area contributed by atoms with E-state index in [0.717, 1.165) is 5.57 Å². The number of aliphatic carboxylic acids is 1. The predicted octanol–water partition coefficient (Wildman–Crippen LogP) is -0.777. The van der Waals surface area contributed by atoms with Crippen molar-refractivity contribution >= 4 is 47.6 Å². The van der Waals surface area contributed by atoms with Crippen LogP contribution < -0.4 is 10.6 Å². The van der Waals surface area contributed by atoms with E-state index in [1.54, 1.807) is 12.5 Å². The normalized spacial score (nSPS) is 24.8.